The lowest BCUT2D eigenvalue weighted by molar-refractivity contribution is -0.00330. The van der Waals surface area contributed by atoms with Crippen LogP contribution in [0.3, 0.4) is 0 Å². The third-order valence-electron chi connectivity index (χ3n) is 5.78. The molecule has 2 aliphatic rings. The Bertz CT molecular complexity index is 1140. The Morgan fingerprint density at radius 2 is 2.00 bits per heavy atom. The highest BCUT2D eigenvalue weighted by Gasteiger charge is 2.52. The summed E-state index contributed by atoms with van der Waals surface area (Å²) in [4.78, 5) is 5.91. The molecule has 2 atom stereocenters. The number of anilines is 2. The van der Waals surface area contributed by atoms with Gasteiger partial charge in [0.15, 0.2) is 10.7 Å². The maximum atomic E-state index is 15.0. The second-order valence-corrected chi connectivity index (χ2v) is 9.83. The van der Waals surface area contributed by atoms with Gasteiger partial charge in [-0.15, -0.1) is 0 Å². The molecular formula is C19H20ClF3N4O3S. The number of aromatic nitrogens is 1. The summed E-state index contributed by atoms with van der Waals surface area (Å²) < 4.78 is 75.9. The molecule has 2 aliphatic heterocycles. The van der Waals surface area contributed by atoms with E-state index < -0.39 is 48.9 Å². The van der Waals surface area contributed by atoms with Gasteiger partial charge < -0.3 is 14.5 Å². The van der Waals surface area contributed by atoms with Crippen molar-refractivity contribution in [2.75, 3.05) is 50.0 Å². The van der Waals surface area contributed by atoms with E-state index in [2.05, 4.69) is 9.88 Å². The molecule has 0 bridgehead atoms. The molecule has 168 valence electrons. The highest BCUT2D eigenvalue weighted by molar-refractivity contribution is 7.92. The summed E-state index contributed by atoms with van der Waals surface area (Å²) in [7, 11) is -1.19. The smallest absolute Gasteiger partial charge is 0.268 e. The predicted molar refractivity (Wildman–Crippen MR) is 109 cm³/mol. The average Bonchev–Trinajstić information content (AvgIpc) is 3.17. The second-order valence-electron chi connectivity index (χ2n) is 7.83. The first kappa shape index (κ1) is 22.1. The van der Waals surface area contributed by atoms with Crippen LogP contribution in [0.1, 0.15) is 0 Å². The Morgan fingerprint density at radius 3 is 2.65 bits per heavy atom. The summed E-state index contributed by atoms with van der Waals surface area (Å²) in [5.74, 6) is -4.01. The fourth-order valence-electron chi connectivity index (χ4n) is 4.43. The molecule has 1 aromatic heterocycles. The zero-order chi connectivity index (χ0) is 22.6. The summed E-state index contributed by atoms with van der Waals surface area (Å²) in [5.41, 5.74) is -0.451. The minimum absolute atomic E-state index is 0.0491. The SMILES string of the molecule is COC12CN(C)CC1CN(c1cc(F)c(S(=O)(=O)Nc3cccc(F)n3)c(F)c1Cl)C2. The van der Waals surface area contributed by atoms with E-state index in [0.717, 1.165) is 24.7 Å². The molecule has 31 heavy (non-hydrogen) atoms. The number of pyridine rings is 1. The van der Waals surface area contributed by atoms with E-state index in [1.54, 1.807) is 12.0 Å². The molecule has 1 N–H and O–H groups in total. The lowest BCUT2D eigenvalue weighted by atomic mass is 9.95. The quantitative estimate of drug-likeness (QED) is 0.528. The fourth-order valence-corrected chi connectivity index (χ4v) is 5.89. The zero-order valence-electron chi connectivity index (χ0n) is 16.7. The lowest BCUT2D eigenvalue weighted by Gasteiger charge is -2.28. The molecule has 0 aliphatic carbocycles. The van der Waals surface area contributed by atoms with Crippen molar-refractivity contribution in [2.24, 2.45) is 5.92 Å². The van der Waals surface area contributed by atoms with E-state index in [4.69, 9.17) is 16.3 Å². The monoisotopic (exact) mass is 476 g/mol. The van der Waals surface area contributed by atoms with Crippen LogP contribution in [0.2, 0.25) is 5.02 Å². The minimum atomic E-state index is -4.76. The van der Waals surface area contributed by atoms with Crippen molar-refractivity contribution < 1.29 is 26.3 Å². The van der Waals surface area contributed by atoms with E-state index in [9.17, 15) is 17.2 Å². The number of ether oxygens (including phenoxy) is 1. The number of nitrogens with one attached hydrogen (secondary N) is 1. The molecule has 2 unspecified atom stereocenters. The second kappa shape index (κ2) is 7.80. The maximum absolute atomic E-state index is 15.0. The first-order chi connectivity index (χ1) is 14.6. The number of nitrogens with zero attached hydrogens (tertiary/aromatic N) is 3. The predicted octanol–water partition coefficient (Wildman–Crippen LogP) is 2.72. The molecule has 0 saturated carbocycles. The van der Waals surface area contributed by atoms with Gasteiger partial charge in [0.05, 0.1) is 5.69 Å². The summed E-state index contributed by atoms with van der Waals surface area (Å²) in [6, 6.07) is 4.25. The van der Waals surface area contributed by atoms with Crippen molar-refractivity contribution in [3.05, 3.63) is 46.9 Å². The van der Waals surface area contributed by atoms with Crippen LogP contribution in [-0.4, -0.2) is 64.2 Å². The molecular weight excluding hydrogens is 457 g/mol. The Balaban J connectivity index is 1.67. The van der Waals surface area contributed by atoms with Crippen molar-refractivity contribution in [1.29, 1.82) is 0 Å². The summed E-state index contributed by atoms with van der Waals surface area (Å²) in [5, 5.41) is -0.520. The molecule has 1 aromatic carbocycles. The van der Waals surface area contributed by atoms with Crippen LogP contribution in [0.15, 0.2) is 29.2 Å². The molecule has 0 spiro atoms. The van der Waals surface area contributed by atoms with Gasteiger partial charge in [0.25, 0.3) is 10.0 Å². The summed E-state index contributed by atoms with van der Waals surface area (Å²) in [6.45, 7) is 2.22. The van der Waals surface area contributed by atoms with Gasteiger partial charge >= 0.3 is 0 Å². The number of likely N-dealkylation sites (N-methyl/N-ethyl adjacent to an activating group) is 1. The van der Waals surface area contributed by atoms with Crippen LogP contribution in [0, 0.1) is 23.5 Å². The van der Waals surface area contributed by atoms with Gasteiger partial charge in [-0.1, -0.05) is 17.7 Å². The Morgan fingerprint density at radius 1 is 1.26 bits per heavy atom. The van der Waals surface area contributed by atoms with Crippen molar-refractivity contribution in [3.63, 3.8) is 0 Å². The van der Waals surface area contributed by atoms with E-state index in [-0.39, 0.29) is 11.6 Å². The molecule has 2 aromatic rings. The number of hydrogen-bond acceptors (Lipinski definition) is 6. The van der Waals surface area contributed by atoms with Gasteiger partial charge in [-0.2, -0.15) is 4.39 Å². The van der Waals surface area contributed by atoms with Gasteiger partial charge in [0.1, 0.15) is 22.3 Å². The fraction of sp³-hybridized carbons (Fsp3) is 0.421. The van der Waals surface area contributed by atoms with Crippen molar-refractivity contribution in [1.82, 2.24) is 9.88 Å². The van der Waals surface area contributed by atoms with Crippen molar-refractivity contribution in [2.45, 2.75) is 10.5 Å². The Kier molecular flexibility index (Phi) is 5.57. The van der Waals surface area contributed by atoms with Crippen molar-refractivity contribution >= 4 is 33.1 Å². The number of sulfonamides is 1. The Labute approximate surface area is 182 Å². The standard InChI is InChI=1S/C19H20ClF3N4O3S/c1-26-7-11-8-27(10-19(11,9-26)30-2)13-6-12(21)18(17(23)16(13)20)31(28,29)25-15-5-3-4-14(22)24-15/h3-6,11H,7-10H2,1-2H3,(H,24,25). The van der Waals surface area contributed by atoms with E-state index >= 15 is 4.39 Å². The summed E-state index contributed by atoms with van der Waals surface area (Å²) >= 11 is 6.16. The molecule has 2 fully saturated rings. The van der Waals surface area contributed by atoms with E-state index in [1.165, 1.54) is 6.07 Å². The molecule has 2 saturated heterocycles. The van der Waals surface area contributed by atoms with Crippen LogP contribution in [0.4, 0.5) is 24.7 Å². The van der Waals surface area contributed by atoms with Gasteiger partial charge in [-0.25, -0.2) is 22.2 Å². The number of methoxy groups -OCH3 is 1. The zero-order valence-corrected chi connectivity index (χ0v) is 18.3. The van der Waals surface area contributed by atoms with Gasteiger partial charge in [0, 0.05) is 45.3 Å². The molecule has 7 nitrogen and oxygen atoms in total. The van der Waals surface area contributed by atoms with Gasteiger partial charge in [-0.05, 0) is 19.2 Å². The highest BCUT2D eigenvalue weighted by Crippen LogP contribution is 2.43. The molecule has 3 heterocycles. The number of halogens is 4. The lowest BCUT2D eigenvalue weighted by Crippen LogP contribution is -2.41. The van der Waals surface area contributed by atoms with Crippen LogP contribution >= 0.6 is 11.6 Å². The first-order valence-electron chi connectivity index (χ1n) is 9.38. The number of benzene rings is 1. The number of fused-ring (bicyclic) bond motifs is 1. The Hall–Kier alpha value is -2.08. The first-order valence-corrected chi connectivity index (χ1v) is 11.2. The number of likely N-dealkylation sites (tertiary alicyclic amines) is 1. The number of hydrogen-bond donors (Lipinski definition) is 1. The minimum Gasteiger partial charge on any atom is -0.375 e. The largest absolute Gasteiger partial charge is 0.375 e. The third-order valence-corrected chi connectivity index (χ3v) is 7.53. The van der Waals surface area contributed by atoms with Crippen LogP contribution in [-0.2, 0) is 14.8 Å². The normalized spacial score (nSPS) is 23.9. The van der Waals surface area contributed by atoms with Gasteiger partial charge in [-0.3, -0.25) is 4.72 Å². The molecule has 12 heteroatoms. The van der Waals surface area contributed by atoms with Crippen LogP contribution in [0.5, 0.6) is 0 Å². The van der Waals surface area contributed by atoms with E-state index in [0.29, 0.717) is 19.6 Å². The molecule has 4 rings (SSSR count). The van der Waals surface area contributed by atoms with Crippen LogP contribution < -0.4 is 9.62 Å². The maximum Gasteiger partial charge on any atom is 0.268 e. The molecule has 0 radical (unpaired) electrons. The van der Waals surface area contributed by atoms with Gasteiger partial charge in [0.2, 0.25) is 5.95 Å². The van der Waals surface area contributed by atoms with Crippen molar-refractivity contribution in [3.8, 4) is 0 Å². The highest BCUT2D eigenvalue weighted by atomic mass is 35.5. The van der Waals surface area contributed by atoms with E-state index in [1.807, 2.05) is 11.8 Å². The average molecular weight is 477 g/mol. The summed E-state index contributed by atoms with van der Waals surface area (Å²) in [6.07, 6.45) is 0. The topological polar surface area (TPSA) is 74.8 Å². The third kappa shape index (κ3) is 3.84. The number of rotatable bonds is 5. The molecule has 0 amide bonds. The van der Waals surface area contributed by atoms with Crippen LogP contribution in [0.25, 0.3) is 0 Å².